The molecule has 0 amide bonds. The zero-order chi connectivity index (χ0) is 29.1. The monoisotopic (exact) mass is 585 g/mol. The van der Waals surface area contributed by atoms with Crippen molar-refractivity contribution < 1.29 is 31.3 Å². The molecule has 0 bridgehead atoms. The van der Waals surface area contributed by atoms with Gasteiger partial charge in [0.25, 0.3) is 0 Å². The van der Waals surface area contributed by atoms with Crippen LogP contribution >= 0.6 is 0 Å². The van der Waals surface area contributed by atoms with Crippen LogP contribution in [0.3, 0.4) is 0 Å². The van der Waals surface area contributed by atoms with Crippen LogP contribution < -0.4 is 0 Å². The van der Waals surface area contributed by atoms with E-state index in [0.29, 0.717) is 24.2 Å². The Hall–Kier alpha value is -2.26. The van der Waals surface area contributed by atoms with Crippen LogP contribution in [0.1, 0.15) is 81.4 Å². The second-order valence-electron chi connectivity index (χ2n) is 10.5. The van der Waals surface area contributed by atoms with E-state index in [1.807, 2.05) is 13.0 Å². The van der Waals surface area contributed by atoms with Crippen LogP contribution in [0.2, 0.25) is 0 Å². The van der Waals surface area contributed by atoms with Crippen molar-refractivity contribution >= 4 is 21.9 Å². The Kier molecular flexibility index (Phi) is 12.6. The lowest BCUT2D eigenvalue weighted by molar-refractivity contribution is -0.129. The molecule has 1 unspecified atom stereocenters. The Bertz CT molecular complexity index is 1140. The van der Waals surface area contributed by atoms with Crippen LogP contribution in [0, 0.1) is 11.6 Å². The smallest absolute Gasteiger partial charge is 0.390 e. The molecule has 1 atom stereocenters. The van der Waals surface area contributed by atoms with Crippen LogP contribution in [0.5, 0.6) is 5.75 Å². The molecule has 9 heteroatoms. The highest BCUT2D eigenvalue weighted by Gasteiger charge is 2.27. The van der Waals surface area contributed by atoms with Gasteiger partial charge in [0.2, 0.25) is 0 Å². The van der Waals surface area contributed by atoms with Gasteiger partial charge in [-0.15, -0.1) is 0 Å². The summed E-state index contributed by atoms with van der Waals surface area (Å²) in [6.07, 6.45) is 2.35. The number of allylic oxidation sites excluding steroid dienone is 2. The summed E-state index contributed by atoms with van der Waals surface area (Å²) in [6.45, 7) is 4.48. The molecule has 2 aromatic carbocycles. The van der Waals surface area contributed by atoms with Gasteiger partial charge < -0.3 is 10.0 Å². The molecule has 0 fully saturated rings. The highest BCUT2D eigenvalue weighted by Crippen LogP contribution is 2.40. The Morgan fingerprint density at radius 3 is 2.30 bits per heavy atom. The lowest BCUT2D eigenvalue weighted by atomic mass is 9.89. The highest BCUT2D eigenvalue weighted by molar-refractivity contribution is 7.84. The molecule has 40 heavy (non-hydrogen) atoms. The number of rotatable bonds is 15. The molecule has 2 aromatic rings. The van der Waals surface area contributed by atoms with E-state index in [2.05, 4.69) is 4.90 Å². The standard InChI is InChI=1S/C31H40F5NO2S/c1-2-37(16-8-17-40(39)18-14-31(34,35)36)15-6-4-3-5-10-30-28(24-19-25(32)22-26(33)20-24)11-7-9-23-21-27(38)12-13-29(23)30/h12-13,19-22,38H,2-11,14-18H2,1H3. The Morgan fingerprint density at radius 2 is 1.60 bits per heavy atom. The molecular weight excluding hydrogens is 545 g/mol. The SMILES string of the molecule is CCN(CCCCCCC1=C(c2cc(F)cc(F)c2)CCCc2cc(O)ccc21)CCCS(=O)CCC(F)(F)F. The molecule has 222 valence electrons. The molecule has 3 rings (SSSR count). The fourth-order valence-corrected chi connectivity index (χ4v) is 6.50. The van der Waals surface area contributed by atoms with Gasteiger partial charge in [-0.25, -0.2) is 8.78 Å². The van der Waals surface area contributed by atoms with Crippen molar-refractivity contribution in [1.82, 2.24) is 4.90 Å². The number of hydrogen-bond acceptors (Lipinski definition) is 3. The summed E-state index contributed by atoms with van der Waals surface area (Å²) >= 11 is 0. The first kappa shape index (κ1) is 32.3. The molecule has 1 N–H and O–H groups in total. The van der Waals surface area contributed by atoms with Crippen molar-refractivity contribution in [3.63, 3.8) is 0 Å². The van der Waals surface area contributed by atoms with Crippen molar-refractivity contribution in [2.75, 3.05) is 31.1 Å². The lowest BCUT2D eigenvalue weighted by Gasteiger charge is -2.20. The third kappa shape index (κ3) is 10.6. The molecule has 1 aliphatic rings. The Labute approximate surface area is 236 Å². The quantitative estimate of drug-likeness (QED) is 0.169. The summed E-state index contributed by atoms with van der Waals surface area (Å²) < 4.78 is 76.9. The Balaban J connectivity index is 1.53. The molecule has 0 spiro atoms. The van der Waals surface area contributed by atoms with Gasteiger partial charge >= 0.3 is 6.18 Å². The molecule has 0 aliphatic heterocycles. The number of aryl methyl sites for hydroxylation is 1. The van der Waals surface area contributed by atoms with Gasteiger partial charge in [0, 0.05) is 28.4 Å². The van der Waals surface area contributed by atoms with E-state index in [1.54, 1.807) is 12.1 Å². The molecule has 0 heterocycles. The van der Waals surface area contributed by atoms with Gasteiger partial charge in [0.1, 0.15) is 17.4 Å². The molecular formula is C31H40F5NO2S. The predicted molar refractivity (Wildman–Crippen MR) is 153 cm³/mol. The van der Waals surface area contributed by atoms with Crippen LogP contribution in [0.25, 0.3) is 11.1 Å². The number of hydrogen-bond donors (Lipinski definition) is 1. The number of benzene rings is 2. The number of phenols is 1. The minimum Gasteiger partial charge on any atom is -0.508 e. The van der Waals surface area contributed by atoms with E-state index >= 15 is 0 Å². The van der Waals surface area contributed by atoms with E-state index in [-0.39, 0.29) is 11.5 Å². The molecule has 3 nitrogen and oxygen atoms in total. The van der Waals surface area contributed by atoms with Gasteiger partial charge in [0.15, 0.2) is 0 Å². The van der Waals surface area contributed by atoms with Gasteiger partial charge in [0.05, 0.1) is 6.42 Å². The summed E-state index contributed by atoms with van der Waals surface area (Å²) in [6, 6.07) is 9.05. The first-order valence-electron chi connectivity index (χ1n) is 14.2. The number of phenolic OH excluding ortho intramolecular Hbond substituents is 1. The van der Waals surface area contributed by atoms with Crippen LogP contribution in [0.15, 0.2) is 36.4 Å². The fraction of sp³-hybridized carbons (Fsp3) is 0.548. The minimum absolute atomic E-state index is 0.214. The summed E-state index contributed by atoms with van der Waals surface area (Å²) in [7, 11) is -1.44. The second-order valence-corrected chi connectivity index (χ2v) is 12.2. The third-order valence-electron chi connectivity index (χ3n) is 7.42. The molecule has 0 saturated carbocycles. The second kappa shape index (κ2) is 15.7. The molecule has 0 saturated heterocycles. The summed E-state index contributed by atoms with van der Waals surface area (Å²) in [5.74, 6) is -1.01. The minimum atomic E-state index is -4.26. The summed E-state index contributed by atoms with van der Waals surface area (Å²) in [5, 5.41) is 10.0. The summed E-state index contributed by atoms with van der Waals surface area (Å²) in [4.78, 5) is 2.24. The van der Waals surface area contributed by atoms with E-state index in [9.17, 15) is 31.3 Å². The first-order chi connectivity index (χ1) is 19.1. The van der Waals surface area contributed by atoms with E-state index in [4.69, 9.17) is 0 Å². The zero-order valence-corrected chi connectivity index (χ0v) is 24.0. The van der Waals surface area contributed by atoms with Gasteiger partial charge in [-0.3, -0.25) is 4.21 Å². The maximum Gasteiger partial charge on any atom is 0.390 e. The van der Waals surface area contributed by atoms with Crippen LogP contribution in [0.4, 0.5) is 22.0 Å². The normalized spacial score (nSPS) is 14.9. The maximum absolute atomic E-state index is 14.1. The number of alkyl halides is 3. The van der Waals surface area contributed by atoms with Gasteiger partial charge in [-0.1, -0.05) is 25.8 Å². The van der Waals surface area contributed by atoms with Crippen molar-refractivity contribution in [2.24, 2.45) is 0 Å². The van der Waals surface area contributed by atoms with Crippen molar-refractivity contribution in [1.29, 1.82) is 0 Å². The molecule has 0 aromatic heterocycles. The highest BCUT2D eigenvalue weighted by atomic mass is 32.2. The average molecular weight is 586 g/mol. The number of aromatic hydroxyl groups is 1. The maximum atomic E-state index is 14.1. The van der Waals surface area contributed by atoms with Crippen LogP contribution in [-0.2, 0) is 17.2 Å². The predicted octanol–water partition coefficient (Wildman–Crippen LogP) is 8.28. The van der Waals surface area contributed by atoms with E-state index in [1.165, 1.54) is 12.1 Å². The van der Waals surface area contributed by atoms with Crippen molar-refractivity contribution in [3.05, 3.63) is 64.7 Å². The topological polar surface area (TPSA) is 40.5 Å². The molecule has 0 radical (unpaired) electrons. The summed E-state index contributed by atoms with van der Waals surface area (Å²) in [5.41, 5.74) is 4.73. The number of fused-ring (bicyclic) bond motifs is 1. The van der Waals surface area contributed by atoms with E-state index < -0.39 is 35.0 Å². The van der Waals surface area contributed by atoms with Crippen molar-refractivity contribution in [2.45, 2.75) is 77.3 Å². The Morgan fingerprint density at radius 1 is 0.900 bits per heavy atom. The number of unbranched alkanes of at least 4 members (excludes halogenated alkanes) is 3. The molecule has 1 aliphatic carbocycles. The van der Waals surface area contributed by atoms with Gasteiger partial charge in [-0.2, -0.15) is 13.2 Å². The van der Waals surface area contributed by atoms with Crippen molar-refractivity contribution in [3.8, 4) is 5.75 Å². The number of nitrogens with zero attached hydrogens (tertiary/aromatic N) is 1. The zero-order valence-electron chi connectivity index (χ0n) is 23.2. The third-order valence-corrected chi connectivity index (χ3v) is 8.82. The fourth-order valence-electron chi connectivity index (χ4n) is 5.38. The largest absolute Gasteiger partial charge is 0.508 e. The average Bonchev–Trinajstić information content (AvgIpc) is 3.06. The lowest BCUT2D eigenvalue weighted by Crippen LogP contribution is -2.27. The van der Waals surface area contributed by atoms with Gasteiger partial charge in [-0.05, 0) is 117 Å². The first-order valence-corrected chi connectivity index (χ1v) is 15.7. The number of halogens is 5. The van der Waals surface area contributed by atoms with E-state index in [0.717, 1.165) is 92.9 Å². The van der Waals surface area contributed by atoms with Crippen LogP contribution in [-0.4, -0.2) is 51.5 Å².